The van der Waals surface area contributed by atoms with Gasteiger partial charge in [-0.2, -0.15) is 16.8 Å². The summed E-state index contributed by atoms with van der Waals surface area (Å²) < 4.78 is 86.4. The van der Waals surface area contributed by atoms with Crippen molar-refractivity contribution in [2.75, 3.05) is 37.9 Å². The van der Waals surface area contributed by atoms with Crippen molar-refractivity contribution in [1.82, 2.24) is 0 Å². The SMILES string of the molecule is CC(COC(C)C(=O)OOC(=O)C(C)OCC(C)OCCS(=O)(=O)F)OCCS(=O)(=O)F. The maximum atomic E-state index is 12.4. The van der Waals surface area contributed by atoms with Crippen LogP contribution in [0.2, 0.25) is 0 Å². The molecule has 0 radical (unpaired) electrons. The molecule has 0 aromatic heterocycles. The van der Waals surface area contributed by atoms with Gasteiger partial charge in [-0.15, -0.1) is 7.77 Å². The van der Waals surface area contributed by atoms with Gasteiger partial charge in [0.15, 0.2) is 12.2 Å². The Balaban J connectivity index is 4.10. The van der Waals surface area contributed by atoms with Gasteiger partial charge in [-0.1, -0.05) is 0 Å². The van der Waals surface area contributed by atoms with Crippen LogP contribution in [0.3, 0.4) is 0 Å². The molecule has 0 aromatic carbocycles. The molecule has 4 atom stereocenters. The molecular weight excluding hydrogens is 486 g/mol. The Kier molecular flexibility index (Phi) is 14.0. The Morgan fingerprint density at radius 3 is 1.25 bits per heavy atom. The lowest BCUT2D eigenvalue weighted by Crippen LogP contribution is -2.32. The number of halogens is 2. The van der Waals surface area contributed by atoms with E-state index in [0.717, 1.165) is 0 Å². The second kappa shape index (κ2) is 14.6. The summed E-state index contributed by atoms with van der Waals surface area (Å²) in [7, 11) is -9.29. The van der Waals surface area contributed by atoms with Gasteiger partial charge in [0.05, 0.1) is 38.6 Å². The first-order valence-corrected chi connectivity index (χ1v) is 12.4. The molecule has 16 heteroatoms. The molecule has 0 aliphatic carbocycles. The molecule has 32 heavy (non-hydrogen) atoms. The molecule has 0 bridgehead atoms. The lowest BCUT2D eigenvalue weighted by molar-refractivity contribution is -0.271. The zero-order valence-electron chi connectivity index (χ0n) is 18.0. The highest BCUT2D eigenvalue weighted by Gasteiger charge is 2.23. The van der Waals surface area contributed by atoms with E-state index in [-0.39, 0.29) is 13.2 Å². The first kappa shape index (κ1) is 30.5. The van der Waals surface area contributed by atoms with Gasteiger partial charge < -0.3 is 18.9 Å². The van der Waals surface area contributed by atoms with Crippen LogP contribution in [-0.2, 0) is 58.8 Å². The Morgan fingerprint density at radius 1 is 0.656 bits per heavy atom. The highest BCUT2D eigenvalue weighted by molar-refractivity contribution is 7.86. The van der Waals surface area contributed by atoms with E-state index >= 15 is 0 Å². The van der Waals surface area contributed by atoms with Gasteiger partial charge in [-0.05, 0) is 27.7 Å². The normalized spacial score (nSPS) is 16.1. The quantitative estimate of drug-likeness (QED) is 0.157. The number of ether oxygens (including phenoxy) is 4. The third kappa shape index (κ3) is 17.1. The van der Waals surface area contributed by atoms with Crippen LogP contribution in [0.1, 0.15) is 27.7 Å². The van der Waals surface area contributed by atoms with Crippen LogP contribution in [0.5, 0.6) is 0 Å². The van der Waals surface area contributed by atoms with Crippen LogP contribution in [-0.4, -0.2) is 91.1 Å². The van der Waals surface area contributed by atoms with Crippen molar-refractivity contribution < 1.29 is 62.9 Å². The van der Waals surface area contributed by atoms with Gasteiger partial charge in [0.2, 0.25) is 0 Å². The highest BCUT2D eigenvalue weighted by atomic mass is 32.3. The Morgan fingerprint density at radius 2 is 0.969 bits per heavy atom. The summed E-state index contributed by atoms with van der Waals surface area (Å²) in [5.74, 6) is -3.72. The minimum Gasteiger partial charge on any atom is -0.375 e. The Bertz CT molecular complexity index is 721. The molecule has 12 nitrogen and oxygen atoms in total. The summed E-state index contributed by atoms with van der Waals surface area (Å²) in [4.78, 5) is 32.2. The van der Waals surface area contributed by atoms with Crippen LogP contribution in [0.4, 0.5) is 7.77 Å². The molecule has 0 saturated heterocycles. The van der Waals surface area contributed by atoms with Crippen LogP contribution in [0.25, 0.3) is 0 Å². The molecule has 0 aromatic rings. The summed E-state index contributed by atoms with van der Waals surface area (Å²) in [5.41, 5.74) is 0. The van der Waals surface area contributed by atoms with Crippen molar-refractivity contribution in [3.63, 3.8) is 0 Å². The predicted molar refractivity (Wildman–Crippen MR) is 104 cm³/mol. The molecule has 0 amide bonds. The average molecular weight is 515 g/mol. The molecule has 4 unspecified atom stereocenters. The average Bonchev–Trinajstić information content (AvgIpc) is 2.65. The minimum atomic E-state index is -4.65. The zero-order chi connectivity index (χ0) is 24.9. The molecular formula is C16H28F2O12S2. The molecule has 0 fully saturated rings. The van der Waals surface area contributed by atoms with E-state index < -0.39 is 81.5 Å². The van der Waals surface area contributed by atoms with Crippen molar-refractivity contribution in [3.05, 3.63) is 0 Å². The van der Waals surface area contributed by atoms with E-state index in [4.69, 9.17) is 18.9 Å². The molecule has 0 heterocycles. The summed E-state index contributed by atoms with van der Waals surface area (Å²) in [6.45, 7) is 4.51. The topological polar surface area (TPSA) is 158 Å². The zero-order valence-corrected chi connectivity index (χ0v) is 19.7. The fourth-order valence-corrected chi connectivity index (χ4v) is 2.30. The van der Waals surface area contributed by atoms with Crippen LogP contribution >= 0.6 is 0 Å². The van der Waals surface area contributed by atoms with Crippen molar-refractivity contribution in [2.24, 2.45) is 0 Å². The third-order valence-electron chi connectivity index (χ3n) is 3.49. The lowest BCUT2D eigenvalue weighted by atomic mass is 10.4. The number of hydrogen-bond donors (Lipinski definition) is 0. The standard InChI is InChI=1S/C16H28F2O12S2/c1-11(25-5-7-31(17,21)22)9-27-13(3)15(19)29-30-16(20)14(4)28-10-12(2)26-6-8-32(18,23)24/h11-14H,5-10H2,1-4H3. The van der Waals surface area contributed by atoms with Crippen molar-refractivity contribution in [1.29, 1.82) is 0 Å². The smallest absolute Gasteiger partial charge is 0.375 e. The van der Waals surface area contributed by atoms with E-state index in [1.54, 1.807) is 0 Å². The van der Waals surface area contributed by atoms with E-state index in [2.05, 4.69) is 9.78 Å². The highest BCUT2D eigenvalue weighted by Crippen LogP contribution is 2.04. The van der Waals surface area contributed by atoms with Gasteiger partial charge in [-0.3, -0.25) is 0 Å². The number of carbonyl (C=O) groups excluding carboxylic acids is 2. The van der Waals surface area contributed by atoms with E-state index in [1.807, 2.05) is 0 Å². The number of rotatable bonds is 16. The first-order chi connectivity index (χ1) is 14.6. The fourth-order valence-electron chi connectivity index (χ4n) is 1.71. The summed E-state index contributed by atoms with van der Waals surface area (Å²) in [6.07, 6.45) is -3.65. The molecule has 0 N–H and O–H groups in total. The fraction of sp³-hybridized carbons (Fsp3) is 0.875. The number of carbonyl (C=O) groups is 2. The molecule has 190 valence electrons. The first-order valence-electron chi connectivity index (χ1n) is 9.34. The van der Waals surface area contributed by atoms with Crippen LogP contribution in [0.15, 0.2) is 0 Å². The molecule has 0 saturated carbocycles. The minimum absolute atomic E-state index is 0.155. The molecule has 0 spiro atoms. The largest absolute Gasteiger partial charge is 0.383 e. The van der Waals surface area contributed by atoms with Gasteiger partial charge >= 0.3 is 32.4 Å². The maximum Gasteiger partial charge on any atom is 0.383 e. The second-order valence-corrected chi connectivity index (χ2v) is 9.58. The van der Waals surface area contributed by atoms with Crippen molar-refractivity contribution >= 4 is 32.4 Å². The second-order valence-electron chi connectivity index (χ2n) is 6.60. The van der Waals surface area contributed by atoms with E-state index in [0.29, 0.717) is 0 Å². The Labute approximate surface area is 185 Å². The van der Waals surface area contributed by atoms with Gasteiger partial charge in [0, 0.05) is 0 Å². The van der Waals surface area contributed by atoms with Gasteiger partial charge in [0.25, 0.3) is 0 Å². The van der Waals surface area contributed by atoms with Crippen LogP contribution in [0, 0.1) is 0 Å². The van der Waals surface area contributed by atoms with Gasteiger partial charge in [0.1, 0.15) is 11.5 Å². The summed E-state index contributed by atoms with van der Waals surface area (Å²) in [6, 6.07) is 0. The van der Waals surface area contributed by atoms with Crippen LogP contribution < -0.4 is 0 Å². The molecule has 0 aliphatic heterocycles. The Hall–Kier alpha value is -1.46. The summed E-state index contributed by atoms with van der Waals surface area (Å²) in [5, 5.41) is 0. The van der Waals surface area contributed by atoms with Crippen molar-refractivity contribution in [2.45, 2.75) is 52.1 Å². The monoisotopic (exact) mass is 514 g/mol. The maximum absolute atomic E-state index is 12.4. The molecule has 0 aliphatic rings. The van der Waals surface area contributed by atoms with Crippen molar-refractivity contribution in [3.8, 4) is 0 Å². The summed E-state index contributed by atoms with van der Waals surface area (Å²) >= 11 is 0. The lowest BCUT2D eigenvalue weighted by Gasteiger charge is -2.17. The van der Waals surface area contributed by atoms with Gasteiger partial charge in [-0.25, -0.2) is 19.4 Å². The number of hydrogen-bond acceptors (Lipinski definition) is 12. The van der Waals surface area contributed by atoms with E-state index in [1.165, 1.54) is 27.7 Å². The molecule has 0 rings (SSSR count). The van der Waals surface area contributed by atoms with E-state index in [9.17, 15) is 34.2 Å². The predicted octanol–water partition coefficient (Wildman–Crippen LogP) is 0.207. The third-order valence-corrected chi connectivity index (χ3v) is 4.80.